The number of aryl methyl sites for hydroxylation is 1. The number of carbonyl (C=O) groups excluding carboxylic acids is 1. The summed E-state index contributed by atoms with van der Waals surface area (Å²) in [4.78, 5) is 24.7. The van der Waals surface area contributed by atoms with Crippen molar-refractivity contribution in [2.75, 3.05) is 31.1 Å². The van der Waals surface area contributed by atoms with E-state index in [1.165, 1.54) is 25.3 Å². The maximum atomic E-state index is 15.4. The summed E-state index contributed by atoms with van der Waals surface area (Å²) in [5.41, 5.74) is 8.58. The van der Waals surface area contributed by atoms with Gasteiger partial charge in [-0.25, -0.2) is 13.6 Å². The number of hydrogen-bond acceptors (Lipinski definition) is 8. The fraction of sp³-hybridized carbons (Fsp3) is 0.280. The minimum absolute atomic E-state index is 0.0561. The van der Waals surface area contributed by atoms with E-state index < -0.39 is 23.4 Å². The zero-order valence-corrected chi connectivity index (χ0v) is 21.0. The zero-order valence-electron chi connectivity index (χ0n) is 21.0. The number of pyridine rings is 1. The highest BCUT2D eigenvalue weighted by atomic mass is 19.1. The SMILES string of the molecule is CN=CC(=C(C)N)c1cc2c(cn1)CN(c1c(F)c(OC)cc(OC)c1F)C(=O)N2Cc1cc(C)no1. The van der Waals surface area contributed by atoms with Crippen LogP contribution in [0, 0.1) is 18.6 Å². The van der Waals surface area contributed by atoms with Gasteiger partial charge in [-0.15, -0.1) is 0 Å². The second-order valence-electron chi connectivity index (χ2n) is 8.33. The first-order chi connectivity index (χ1) is 17.7. The number of carbonyl (C=O) groups is 1. The quantitative estimate of drug-likeness (QED) is 0.471. The Labute approximate surface area is 212 Å². The first kappa shape index (κ1) is 25.6. The molecule has 0 saturated heterocycles. The highest BCUT2D eigenvalue weighted by Gasteiger charge is 2.37. The molecular weight excluding hydrogens is 486 g/mol. The second kappa shape index (κ2) is 10.2. The molecule has 0 bridgehead atoms. The lowest BCUT2D eigenvalue weighted by atomic mass is 10.0. The number of rotatable bonds is 7. The summed E-state index contributed by atoms with van der Waals surface area (Å²) in [5, 5.41) is 3.87. The maximum absolute atomic E-state index is 15.4. The van der Waals surface area contributed by atoms with E-state index in [9.17, 15) is 4.79 Å². The number of hydrogen-bond donors (Lipinski definition) is 1. The van der Waals surface area contributed by atoms with Gasteiger partial charge in [0.2, 0.25) is 0 Å². The van der Waals surface area contributed by atoms with Crippen molar-refractivity contribution in [2.45, 2.75) is 26.9 Å². The Morgan fingerprint density at radius 3 is 2.43 bits per heavy atom. The lowest BCUT2D eigenvalue weighted by molar-refractivity contribution is 0.248. The molecule has 0 saturated carbocycles. The number of methoxy groups -OCH3 is 2. The van der Waals surface area contributed by atoms with Crippen molar-refractivity contribution in [3.05, 3.63) is 64.4 Å². The van der Waals surface area contributed by atoms with Crippen LogP contribution in [-0.4, -0.2) is 43.7 Å². The molecule has 10 nitrogen and oxygen atoms in total. The molecule has 1 aromatic carbocycles. The molecule has 0 atom stereocenters. The Hall–Kier alpha value is -4.48. The normalized spacial score (nSPS) is 14.2. The minimum Gasteiger partial charge on any atom is -0.493 e. The number of nitrogens with two attached hydrogens (primary N) is 1. The fourth-order valence-electron chi connectivity index (χ4n) is 4.06. The first-order valence-corrected chi connectivity index (χ1v) is 11.2. The van der Waals surface area contributed by atoms with E-state index >= 15 is 8.78 Å². The number of nitrogens with zero attached hydrogens (tertiary/aromatic N) is 5. The fourth-order valence-corrected chi connectivity index (χ4v) is 4.06. The Kier molecular flexibility index (Phi) is 7.09. The maximum Gasteiger partial charge on any atom is 0.329 e. The monoisotopic (exact) mass is 512 g/mol. The summed E-state index contributed by atoms with van der Waals surface area (Å²) in [5.74, 6) is -2.25. The lowest BCUT2D eigenvalue weighted by Crippen LogP contribution is -2.47. The zero-order chi connectivity index (χ0) is 26.9. The second-order valence-corrected chi connectivity index (χ2v) is 8.33. The summed E-state index contributed by atoms with van der Waals surface area (Å²) in [6.45, 7) is 3.23. The first-order valence-electron chi connectivity index (χ1n) is 11.2. The van der Waals surface area contributed by atoms with E-state index in [-0.39, 0.29) is 24.6 Å². The van der Waals surface area contributed by atoms with E-state index in [0.29, 0.717) is 39.7 Å². The van der Waals surface area contributed by atoms with Crippen molar-refractivity contribution in [3.8, 4) is 11.5 Å². The number of halogens is 2. The van der Waals surface area contributed by atoms with Crippen LogP contribution < -0.4 is 25.0 Å². The number of allylic oxidation sites excluding steroid dienone is 2. The molecule has 0 aliphatic carbocycles. The summed E-state index contributed by atoms with van der Waals surface area (Å²) < 4.78 is 46.2. The topological polar surface area (TPSA) is 119 Å². The van der Waals surface area contributed by atoms with Crippen LogP contribution in [0.1, 0.15) is 29.6 Å². The van der Waals surface area contributed by atoms with Gasteiger partial charge in [0, 0.05) is 48.4 Å². The van der Waals surface area contributed by atoms with E-state index in [4.69, 9.17) is 19.7 Å². The molecule has 2 aromatic heterocycles. The van der Waals surface area contributed by atoms with E-state index in [1.807, 2.05) is 0 Å². The highest BCUT2D eigenvalue weighted by Crippen LogP contribution is 2.41. The van der Waals surface area contributed by atoms with Crippen molar-refractivity contribution in [2.24, 2.45) is 10.7 Å². The van der Waals surface area contributed by atoms with Gasteiger partial charge in [0.15, 0.2) is 28.9 Å². The molecule has 0 fully saturated rings. The molecule has 0 spiro atoms. The molecule has 12 heteroatoms. The number of amides is 2. The third kappa shape index (κ3) is 4.69. The largest absolute Gasteiger partial charge is 0.493 e. The van der Waals surface area contributed by atoms with Crippen molar-refractivity contribution in [1.82, 2.24) is 10.1 Å². The van der Waals surface area contributed by atoms with Crippen LogP contribution in [0.25, 0.3) is 5.57 Å². The van der Waals surface area contributed by atoms with Gasteiger partial charge in [0.05, 0.1) is 44.4 Å². The Balaban J connectivity index is 1.90. The third-order valence-corrected chi connectivity index (χ3v) is 5.81. The van der Waals surface area contributed by atoms with Crippen LogP contribution in [0.3, 0.4) is 0 Å². The van der Waals surface area contributed by atoms with Gasteiger partial charge in [-0.3, -0.25) is 19.8 Å². The number of fused-ring (bicyclic) bond motifs is 1. The number of aromatic nitrogens is 2. The van der Waals surface area contributed by atoms with Gasteiger partial charge in [-0.05, 0) is 19.9 Å². The molecule has 4 rings (SSSR count). The smallest absolute Gasteiger partial charge is 0.329 e. The van der Waals surface area contributed by atoms with Crippen molar-refractivity contribution in [1.29, 1.82) is 0 Å². The molecule has 0 unspecified atom stereocenters. The number of urea groups is 1. The molecule has 3 heterocycles. The van der Waals surface area contributed by atoms with Crippen LogP contribution in [0.4, 0.5) is 25.0 Å². The predicted molar refractivity (Wildman–Crippen MR) is 134 cm³/mol. The highest BCUT2D eigenvalue weighted by molar-refractivity contribution is 6.11. The van der Waals surface area contributed by atoms with Crippen LogP contribution in [0.2, 0.25) is 0 Å². The molecular formula is C25H26F2N6O4. The number of ether oxygens (including phenoxy) is 2. The molecule has 194 valence electrons. The van der Waals surface area contributed by atoms with Crippen LogP contribution in [0.15, 0.2) is 39.6 Å². The van der Waals surface area contributed by atoms with Crippen LogP contribution in [0.5, 0.6) is 11.5 Å². The minimum atomic E-state index is -1.04. The molecule has 2 N–H and O–H groups in total. The van der Waals surface area contributed by atoms with Crippen molar-refractivity contribution >= 4 is 29.2 Å². The summed E-state index contributed by atoms with van der Waals surface area (Å²) in [6.07, 6.45) is 3.10. The Bertz CT molecular complexity index is 1390. The van der Waals surface area contributed by atoms with Gasteiger partial charge in [-0.1, -0.05) is 5.16 Å². The van der Waals surface area contributed by atoms with E-state index in [1.54, 1.807) is 39.2 Å². The van der Waals surface area contributed by atoms with E-state index in [2.05, 4.69) is 15.1 Å². The van der Waals surface area contributed by atoms with Gasteiger partial charge in [-0.2, -0.15) is 0 Å². The Morgan fingerprint density at radius 2 is 1.89 bits per heavy atom. The van der Waals surface area contributed by atoms with Crippen LogP contribution >= 0.6 is 0 Å². The van der Waals surface area contributed by atoms with Crippen molar-refractivity contribution < 1.29 is 27.6 Å². The molecule has 2 amide bonds. The average Bonchev–Trinajstić information content (AvgIpc) is 3.29. The van der Waals surface area contributed by atoms with Crippen molar-refractivity contribution in [3.63, 3.8) is 0 Å². The average molecular weight is 513 g/mol. The summed E-state index contributed by atoms with van der Waals surface area (Å²) >= 11 is 0. The van der Waals surface area contributed by atoms with Gasteiger partial charge in [0.25, 0.3) is 0 Å². The molecule has 1 aliphatic rings. The molecule has 3 aromatic rings. The standard InChI is InChI=1S/C25H26F2N6O4/c1-13-6-16(37-31-13)12-32-19-7-18(17(10-29-3)14(2)28)30-9-15(19)11-33(25(32)34)24-22(26)20(35-4)8-21(36-5)23(24)27/h6-10H,11-12,28H2,1-5H3. The molecule has 37 heavy (non-hydrogen) atoms. The van der Waals surface area contributed by atoms with Gasteiger partial charge < -0.3 is 19.7 Å². The third-order valence-electron chi connectivity index (χ3n) is 5.81. The van der Waals surface area contributed by atoms with Crippen LogP contribution in [-0.2, 0) is 13.1 Å². The lowest BCUT2D eigenvalue weighted by Gasteiger charge is -2.37. The summed E-state index contributed by atoms with van der Waals surface area (Å²) in [7, 11) is 4.08. The van der Waals surface area contributed by atoms with Gasteiger partial charge >= 0.3 is 6.03 Å². The molecule has 1 aliphatic heterocycles. The van der Waals surface area contributed by atoms with E-state index in [0.717, 1.165) is 11.0 Å². The van der Waals surface area contributed by atoms with Gasteiger partial charge in [0.1, 0.15) is 5.69 Å². The predicted octanol–water partition coefficient (Wildman–Crippen LogP) is 4.21. The summed E-state index contributed by atoms with van der Waals surface area (Å²) in [6, 6.07) is 3.73. The Morgan fingerprint density at radius 1 is 1.22 bits per heavy atom. The number of benzene rings is 1. The molecule has 0 radical (unpaired) electrons. The number of aliphatic imine (C=N–C) groups is 1. The number of anilines is 2.